The molecule has 0 aliphatic carbocycles. The summed E-state index contributed by atoms with van der Waals surface area (Å²) in [7, 11) is 0.265. The van der Waals surface area contributed by atoms with Crippen LogP contribution in [0.5, 0.6) is 11.5 Å². The average molecular weight is 309 g/mol. The fraction of sp³-hybridized carbons (Fsp3) is 0.200. The normalized spacial score (nSPS) is 11.9. The van der Waals surface area contributed by atoms with Gasteiger partial charge in [-0.05, 0) is 42.5 Å². The first-order valence-electron chi connectivity index (χ1n) is 6.30. The molecule has 0 aliphatic heterocycles. The molecule has 2 N–H and O–H groups in total. The van der Waals surface area contributed by atoms with Gasteiger partial charge in [-0.2, -0.15) is 0 Å². The Bertz CT molecular complexity index is 631. The number of hydrogen-bond donors (Lipinski definition) is 1. The van der Waals surface area contributed by atoms with Gasteiger partial charge in [-0.1, -0.05) is 0 Å². The topological polar surface area (TPSA) is 61.5 Å². The Labute approximate surface area is 125 Å². The molecular formula is C15H16FNO3S. The van der Waals surface area contributed by atoms with Crippen LogP contribution in [0.25, 0.3) is 0 Å². The van der Waals surface area contributed by atoms with E-state index >= 15 is 0 Å². The number of nitrogens with two attached hydrogens (primary N) is 1. The standard InChI is InChI=1S/C15H16FNO3S/c1-19-12-3-5-13(6-4-12)20-8-9-21(18)15-7-2-11(16)10-14(15)17/h2-7,10H,8-9,17H2,1H3. The summed E-state index contributed by atoms with van der Waals surface area (Å²) in [5, 5.41) is 0. The maximum atomic E-state index is 12.9. The fourth-order valence-corrected chi connectivity index (χ4v) is 2.74. The first-order valence-corrected chi connectivity index (χ1v) is 7.62. The molecule has 0 amide bonds. The molecule has 2 rings (SSSR count). The van der Waals surface area contributed by atoms with E-state index in [0.29, 0.717) is 10.6 Å². The van der Waals surface area contributed by atoms with Crippen molar-refractivity contribution >= 4 is 16.5 Å². The van der Waals surface area contributed by atoms with E-state index in [-0.39, 0.29) is 18.0 Å². The number of halogens is 1. The highest BCUT2D eigenvalue weighted by molar-refractivity contribution is 7.85. The third-order valence-corrected chi connectivity index (χ3v) is 4.21. The second-order valence-corrected chi connectivity index (χ2v) is 5.79. The van der Waals surface area contributed by atoms with E-state index in [0.717, 1.165) is 11.8 Å². The van der Waals surface area contributed by atoms with Gasteiger partial charge < -0.3 is 15.2 Å². The molecule has 0 spiro atoms. The summed E-state index contributed by atoms with van der Waals surface area (Å²) in [6.45, 7) is 0.274. The number of anilines is 1. The molecule has 0 saturated carbocycles. The Balaban J connectivity index is 1.88. The summed E-state index contributed by atoms with van der Waals surface area (Å²) in [4.78, 5) is 0.426. The molecule has 0 aliphatic rings. The number of rotatable bonds is 6. The van der Waals surface area contributed by atoms with E-state index in [9.17, 15) is 8.60 Å². The van der Waals surface area contributed by atoms with Crippen LogP contribution in [0.15, 0.2) is 47.4 Å². The molecule has 21 heavy (non-hydrogen) atoms. The van der Waals surface area contributed by atoms with Crippen LogP contribution >= 0.6 is 0 Å². The maximum absolute atomic E-state index is 12.9. The van der Waals surface area contributed by atoms with Gasteiger partial charge in [0.25, 0.3) is 0 Å². The van der Waals surface area contributed by atoms with Crippen LogP contribution in [0.2, 0.25) is 0 Å². The van der Waals surface area contributed by atoms with Crippen LogP contribution in [0.1, 0.15) is 0 Å². The van der Waals surface area contributed by atoms with Crippen LogP contribution in [-0.4, -0.2) is 23.7 Å². The highest BCUT2D eigenvalue weighted by Gasteiger charge is 2.09. The molecule has 6 heteroatoms. The van der Waals surface area contributed by atoms with Crippen molar-refractivity contribution in [3.8, 4) is 11.5 Å². The van der Waals surface area contributed by atoms with Crippen LogP contribution in [-0.2, 0) is 10.8 Å². The second kappa shape index (κ2) is 7.08. The molecule has 0 saturated heterocycles. The van der Waals surface area contributed by atoms with Gasteiger partial charge in [-0.25, -0.2) is 4.39 Å². The van der Waals surface area contributed by atoms with Crippen molar-refractivity contribution in [2.24, 2.45) is 0 Å². The molecule has 2 aromatic carbocycles. The lowest BCUT2D eigenvalue weighted by atomic mass is 10.3. The van der Waals surface area contributed by atoms with Gasteiger partial charge >= 0.3 is 0 Å². The van der Waals surface area contributed by atoms with E-state index in [4.69, 9.17) is 15.2 Å². The molecule has 112 valence electrons. The third kappa shape index (κ3) is 4.19. The summed E-state index contributed by atoms with van der Waals surface area (Å²) in [6, 6.07) is 11.0. The zero-order chi connectivity index (χ0) is 15.2. The molecule has 0 aromatic heterocycles. The van der Waals surface area contributed by atoms with Crippen molar-refractivity contribution in [2.45, 2.75) is 4.90 Å². The average Bonchev–Trinajstić information content (AvgIpc) is 2.47. The van der Waals surface area contributed by atoms with Gasteiger partial charge in [-0.15, -0.1) is 0 Å². The zero-order valence-corrected chi connectivity index (χ0v) is 12.4. The minimum absolute atomic E-state index is 0.192. The van der Waals surface area contributed by atoms with Crippen molar-refractivity contribution in [3.63, 3.8) is 0 Å². The molecular weight excluding hydrogens is 293 g/mol. The van der Waals surface area contributed by atoms with E-state index < -0.39 is 16.6 Å². The summed E-state index contributed by atoms with van der Waals surface area (Å²) >= 11 is 0. The van der Waals surface area contributed by atoms with Crippen molar-refractivity contribution < 1.29 is 18.1 Å². The fourth-order valence-electron chi connectivity index (χ4n) is 1.74. The maximum Gasteiger partial charge on any atom is 0.125 e. The molecule has 4 nitrogen and oxygen atoms in total. The van der Waals surface area contributed by atoms with Crippen molar-refractivity contribution in [1.29, 1.82) is 0 Å². The number of benzene rings is 2. The van der Waals surface area contributed by atoms with Gasteiger partial charge in [-0.3, -0.25) is 4.21 Å². The molecule has 0 bridgehead atoms. The van der Waals surface area contributed by atoms with E-state index in [1.807, 2.05) is 0 Å². The molecule has 0 fully saturated rings. The molecule has 0 heterocycles. The smallest absolute Gasteiger partial charge is 0.125 e. The molecule has 2 aromatic rings. The minimum Gasteiger partial charge on any atom is -0.497 e. The predicted molar refractivity (Wildman–Crippen MR) is 80.6 cm³/mol. The van der Waals surface area contributed by atoms with Crippen LogP contribution in [0.4, 0.5) is 10.1 Å². The summed E-state index contributed by atoms with van der Waals surface area (Å²) in [5.74, 6) is 1.25. The monoisotopic (exact) mass is 309 g/mol. The quantitative estimate of drug-likeness (QED) is 0.833. The third-order valence-electron chi connectivity index (χ3n) is 2.81. The van der Waals surface area contributed by atoms with Gasteiger partial charge in [0, 0.05) is 0 Å². The molecule has 1 unspecified atom stereocenters. The first kappa shape index (κ1) is 15.3. The Kier molecular flexibility index (Phi) is 5.16. The predicted octanol–water partition coefficient (Wildman–Crippen LogP) is 2.60. The molecule has 0 radical (unpaired) electrons. The highest BCUT2D eigenvalue weighted by Crippen LogP contribution is 2.19. The Morgan fingerprint density at radius 3 is 2.43 bits per heavy atom. The summed E-state index contributed by atoms with van der Waals surface area (Å²) in [6.07, 6.45) is 0. The second-order valence-electron chi connectivity index (χ2n) is 4.26. The van der Waals surface area contributed by atoms with Crippen LogP contribution in [0, 0.1) is 5.82 Å². The van der Waals surface area contributed by atoms with E-state index in [1.165, 1.54) is 12.1 Å². The first-order chi connectivity index (χ1) is 10.1. The number of nitrogen functional groups attached to an aromatic ring is 1. The lowest BCUT2D eigenvalue weighted by Crippen LogP contribution is -2.10. The number of methoxy groups -OCH3 is 1. The van der Waals surface area contributed by atoms with Crippen molar-refractivity contribution in [2.75, 3.05) is 25.2 Å². The molecule has 1 atom stereocenters. The summed E-state index contributed by atoms with van der Waals surface area (Å²) < 4.78 is 35.5. The zero-order valence-electron chi connectivity index (χ0n) is 11.5. The van der Waals surface area contributed by atoms with Crippen LogP contribution < -0.4 is 15.2 Å². The lowest BCUT2D eigenvalue weighted by Gasteiger charge is -2.08. The number of hydrogen-bond acceptors (Lipinski definition) is 4. The van der Waals surface area contributed by atoms with Gasteiger partial charge in [0.1, 0.15) is 23.9 Å². The SMILES string of the molecule is COc1ccc(OCCS(=O)c2ccc(F)cc2N)cc1. The minimum atomic E-state index is -1.32. The van der Waals surface area contributed by atoms with Gasteiger partial charge in [0.05, 0.1) is 34.2 Å². The summed E-state index contributed by atoms with van der Waals surface area (Å²) in [5.41, 5.74) is 5.84. The Morgan fingerprint density at radius 1 is 1.14 bits per heavy atom. The number of ether oxygens (including phenoxy) is 2. The largest absolute Gasteiger partial charge is 0.497 e. The van der Waals surface area contributed by atoms with Gasteiger partial charge in [0.2, 0.25) is 0 Å². The van der Waals surface area contributed by atoms with Crippen molar-refractivity contribution in [3.05, 3.63) is 48.3 Å². The Hall–Kier alpha value is -2.08. The Morgan fingerprint density at radius 2 is 1.81 bits per heavy atom. The van der Waals surface area contributed by atoms with Crippen molar-refractivity contribution in [1.82, 2.24) is 0 Å². The van der Waals surface area contributed by atoms with Crippen LogP contribution in [0.3, 0.4) is 0 Å². The van der Waals surface area contributed by atoms with E-state index in [2.05, 4.69) is 0 Å². The van der Waals surface area contributed by atoms with Gasteiger partial charge in [0.15, 0.2) is 0 Å². The highest BCUT2D eigenvalue weighted by atomic mass is 32.2. The van der Waals surface area contributed by atoms with E-state index in [1.54, 1.807) is 31.4 Å². The lowest BCUT2D eigenvalue weighted by molar-refractivity contribution is 0.341.